The van der Waals surface area contributed by atoms with E-state index in [4.69, 9.17) is 0 Å². The second kappa shape index (κ2) is 4.78. The summed E-state index contributed by atoms with van der Waals surface area (Å²) in [6, 6.07) is 6.48. The molecule has 1 aromatic rings. The highest BCUT2D eigenvalue weighted by Crippen LogP contribution is 2.20. The van der Waals surface area contributed by atoms with Crippen molar-refractivity contribution >= 4 is 11.6 Å². The average molecular weight is 232 g/mol. The molecule has 0 radical (unpaired) electrons. The van der Waals surface area contributed by atoms with Crippen molar-refractivity contribution in [3.63, 3.8) is 0 Å². The zero-order valence-electron chi connectivity index (χ0n) is 10.9. The minimum Gasteiger partial charge on any atom is -0.362 e. The first kappa shape index (κ1) is 12.0. The Hall–Kier alpha value is -1.51. The summed E-state index contributed by atoms with van der Waals surface area (Å²) >= 11 is 0. The second-order valence-electron chi connectivity index (χ2n) is 4.94. The van der Waals surface area contributed by atoms with Gasteiger partial charge in [0.15, 0.2) is 0 Å². The Labute approximate surface area is 103 Å². The molecule has 3 heteroatoms. The Morgan fingerprint density at radius 3 is 2.35 bits per heavy atom. The van der Waals surface area contributed by atoms with Crippen LogP contribution in [0, 0.1) is 13.8 Å². The maximum Gasteiger partial charge on any atom is 0.241 e. The van der Waals surface area contributed by atoms with Crippen LogP contribution < -0.4 is 4.90 Å². The molecule has 17 heavy (non-hydrogen) atoms. The van der Waals surface area contributed by atoms with Gasteiger partial charge in [-0.1, -0.05) is 6.07 Å². The molecule has 2 rings (SSSR count). The SMILES string of the molecule is Cc1cc(C)cc(N2CCCN(C)C(=O)C2)c1. The van der Waals surface area contributed by atoms with Gasteiger partial charge in [-0.25, -0.2) is 0 Å². The Kier molecular flexibility index (Phi) is 3.36. The molecule has 1 aliphatic heterocycles. The third-order valence-corrected chi connectivity index (χ3v) is 3.25. The van der Waals surface area contributed by atoms with Crippen LogP contribution in [-0.2, 0) is 4.79 Å². The minimum atomic E-state index is 0.210. The van der Waals surface area contributed by atoms with Gasteiger partial charge in [0.2, 0.25) is 5.91 Å². The molecule has 0 N–H and O–H groups in total. The van der Waals surface area contributed by atoms with Gasteiger partial charge in [0, 0.05) is 25.8 Å². The van der Waals surface area contributed by atoms with Crippen LogP contribution in [-0.4, -0.2) is 37.5 Å². The lowest BCUT2D eigenvalue weighted by Gasteiger charge is -2.22. The first-order valence-electron chi connectivity index (χ1n) is 6.13. The Morgan fingerprint density at radius 1 is 1.06 bits per heavy atom. The van der Waals surface area contributed by atoms with E-state index in [-0.39, 0.29) is 5.91 Å². The van der Waals surface area contributed by atoms with Crippen LogP contribution in [0.15, 0.2) is 18.2 Å². The van der Waals surface area contributed by atoms with Crippen LogP contribution in [0.4, 0.5) is 5.69 Å². The van der Waals surface area contributed by atoms with Gasteiger partial charge in [0.05, 0.1) is 6.54 Å². The number of anilines is 1. The van der Waals surface area contributed by atoms with E-state index < -0.39 is 0 Å². The molecule has 1 aliphatic rings. The van der Waals surface area contributed by atoms with Crippen molar-refractivity contribution in [3.05, 3.63) is 29.3 Å². The van der Waals surface area contributed by atoms with Crippen molar-refractivity contribution in [2.45, 2.75) is 20.3 Å². The highest BCUT2D eigenvalue weighted by molar-refractivity contribution is 5.81. The third-order valence-electron chi connectivity index (χ3n) is 3.25. The predicted molar refractivity (Wildman–Crippen MR) is 70.4 cm³/mol. The van der Waals surface area contributed by atoms with Gasteiger partial charge < -0.3 is 9.80 Å². The molecule has 0 saturated carbocycles. The van der Waals surface area contributed by atoms with E-state index in [0.717, 1.165) is 19.5 Å². The van der Waals surface area contributed by atoms with E-state index in [0.29, 0.717) is 6.54 Å². The van der Waals surface area contributed by atoms with Crippen LogP contribution in [0.5, 0.6) is 0 Å². The van der Waals surface area contributed by atoms with Crippen molar-refractivity contribution in [1.82, 2.24) is 4.90 Å². The maximum absolute atomic E-state index is 11.9. The van der Waals surface area contributed by atoms with Crippen molar-refractivity contribution in [2.24, 2.45) is 0 Å². The minimum absolute atomic E-state index is 0.210. The van der Waals surface area contributed by atoms with E-state index in [1.54, 1.807) is 0 Å². The maximum atomic E-state index is 11.9. The Balaban J connectivity index is 2.23. The molecular weight excluding hydrogens is 212 g/mol. The summed E-state index contributed by atoms with van der Waals surface area (Å²) in [4.78, 5) is 15.9. The third kappa shape index (κ3) is 2.78. The average Bonchev–Trinajstić information content (AvgIpc) is 2.40. The molecule has 1 aromatic carbocycles. The highest BCUT2D eigenvalue weighted by Gasteiger charge is 2.19. The van der Waals surface area contributed by atoms with Crippen LogP contribution >= 0.6 is 0 Å². The molecule has 1 amide bonds. The van der Waals surface area contributed by atoms with Gasteiger partial charge in [0.25, 0.3) is 0 Å². The van der Waals surface area contributed by atoms with E-state index in [9.17, 15) is 4.79 Å². The largest absolute Gasteiger partial charge is 0.362 e. The molecule has 3 nitrogen and oxygen atoms in total. The van der Waals surface area contributed by atoms with E-state index in [1.165, 1.54) is 16.8 Å². The van der Waals surface area contributed by atoms with Gasteiger partial charge in [-0.2, -0.15) is 0 Å². The van der Waals surface area contributed by atoms with Crippen LogP contribution in [0.3, 0.4) is 0 Å². The normalized spacial score (nSPS) is 17.2. The second-order valence-corrected chi connectivity index (χ2v) is 4.94. The summed E-state index contributed by atoms with van der Waals surface area (Å²) in [5.74, 6) is 0.210. The fourth-order valence-electron chi connectivity index (χ4n) is 2.34. The van der Waals surface area contributed by atoms with Crippen LogP contribution in [0.1, 0.15) is 17.5 Å². The summed E-state index contributed by atoms with van der Waals surface area (Å²) in [7, 11) is 1.88. The van der Waals surface area contributed by atoms with E-state index >= 15 is 0 Å². The van der Waals surface area contributed by atoms with E-state index in [1.807, 2.05) is 11.9 Å². The predicted octanol–water partition coefficient (Wildman–Crippen LogP) is 1.97. The fourth-order valence-corrected chi connectivity index (χ4v) is 2.34. The molecule has 92 valence electrons. The molecule has 0 atom stereocenters. The Bertz CT molecular complexity index is 408. The van der Waals surface area contributed by atoms with Crippen molar-refractivity contribution < 1.29 is 4.79 Å². The number of rotatable bonds is 1. The van der Waals surface area contributed by atoms with Gasteiger partial charge in [0.1, 0.15) is 0 Å². The molecule has 1 fully saturated rings. The number of carbonyl (C=O) groups excluding carboxylic acids is 1. The van der Waals surface area contributed by atoms with Crippen molar-refractivity contribution in [2.75, 3.05) is 31.6 Å². The summed E-state index contributed by atoms with van der Waals surface area (Å²) in [6.07, 6.45) is 1.04. The van der Waals surface area contributed by atoms with Crippen molar-refractivity contribution in [3.8, 4) is 0 Å². The smallest absolute Gasteiger partial charge is 0.241 e. The summed E-state index contributed by atoms with van der Waals surface area (Å²) in [6.45, 7) is 6.52. The molecule has 0 aliphatic carbocycles. The fraction of sp³-hybridized carbons (Fsp3) is 0.500. The lowest BCUT2D eigenvalue weighted by Crippen LogP contribution is -2.34. The quantitative estimate of drug-likeness (QED) is 0.739. The number of hydrogen-bond donors (Lipinski definition) is 0. The summed E-state index contributed by atoms with van der Waals surface area (Å²) in [5.41, 5.74) is 3.68. The molecule has 0 spiro atoms. The number of nitrogens with zero attached hydrogens (tertiary/aromatic N) is 2. The number of hydrogen-bond acceptors (Lipinski definition) is 2. The van der Waals surface area contributed by atoms with Crippen molar-refractivity contribution in [1.29, 1.82) is 0 Å². The lowest BCUT2D eigenvalue weighted by molar-refractivity contribution is -0.127. The molecule has 0 unspecified atom stereocenters. The number of carbonyl (C=O) groups is 1. The summed E-state index contributed by atoms with van der Waals surface area (Å²) in [5, 5.41) is 0. The summed E-state index contributed by atoms with van der Waals surface area (Å²) < 4.78 is 0. The zero-order valence-corrected chi connectivity index (χ0v) is 10.9. The first-order valence-corrected chi connectivity index (χ1v) is 6.13. The topological polar surface area (TPSA) is 23.6 Å². The van der Waals surface area contributed by atoms with E-state index in [2.05, 4.69) is 36.9 Å². The first-order chi connectivity index (χ1) is 8.06. The molecule has 1 heterocycles. The molecular formula is C14H20N2O. The van der Waals surface area contributed by atoms with Crippen LogP contribution in [0.2, 0.25) is 0 Å². The molecule has 0 bridgehead atoms. The molecule has 1 saturated heterocycles. The number of amides is 1. The number of likely N-dealkylation sites (N-methyl/N-ethyl adjacent to an activating group) is 1. The number of aryl methyl sites for hydroxylation is 2. The highest BCUT2D eigenvalue weighted by atomic mass is 16.2. The lowest BCUT2D eigenvalue weighted by atomic mass is 10.1. The van der Waals surface area contributed by atoms with Crippen LogP contribution in [0.25, 0.3) is 0 Å². The van der Waals surface area contributed by atoms with Gasteiger partial charge in [-0.05, 0) is 43.5 Å². The van der Waals surface area contributed by atoms with Gasteiger partial charge >= 0.3 is 0 Å². The Morgan fingerprint density at radius 2 is 1.71 bits per heavy atom. The number of benzene rings is 1. The molecule has 0 aromatic heterocycles. The zero-order chi connectivity index (χ0) is 12.4. The monoisotopic (exact) mass is 232 g/mol. The van der Waals surface area contributed by atoms with Gasteiger partial charge in [-0.15, -0.1) is 0 Å². The standard InChI is InChI=1S/C14H20N2O/c1-11-7-12(2)9-13(8-11)16-6-4-5-15(3)14(17)10-16/h7-9H,4-6,10H2,1-3H3. The van der Waals surface area contributed by atoms with Gasteiger partial charge in [-0.3, -0.25) is 4.79 Å².